The van der Waals surface area contributed by atoms with Crippen LogP contribution >= 0.6 is 0 Å². The summed E-state index contributed by atoms with van der Waals surface area (Å²) in [5.74, 6) is -1.27. The van der Waals surface area contributed by atoms with Crippen LogP contribution in [0.2, 0.25) is 0 Å². The van der Waals surface area contributed by atoms with Crippen LogP contribution in [0.4, 0.5) is 14.5 Å². The van der Waals surface area contributed by atoms with E-state index in [-0.39, 0.29) is 11.3 Å². The molecule has 3 N–H and O–H groups in total. The number of rotatable bonds is 3. The Bertz CT molecular complexity index is 1270. The Kier molecular flexibility index (Phi) is 4.15. The molecule has 2 aromatic heterocycles. The lowest BCUT2D eigenvalue weighted by Gasteiger charge is -2.16. The molecule has 0 aliphatic carbocycles. The molecular weight excluding hydrogens is 364 g/mol. The molecule has 0 aliphatic rings. The minimum atomic E-state index is -0.812. The number of aromatic nitrogens is 2. The van der Waals surface area contributed by atoms with Crippen LogP contribution in [0.25, 0.3) is 22.0 Å². The van der Waals surface area contributed by atoms with Crippen LogP contribution in [0.1, 0.15) is 5.56 Å². The lowest BCUT2D eigenvalue weighted by Crippen LogP contribution is -2.16. The first kappa shape index (κ1) is 17.8. The van der Waals surface area contributed by atoms with E-state index in [1.165, 1.54) is 10.6 Å². The van der Waals surface area contributed by atoms with Crippen LogP contribution in [0.5, 0.6) is 11.5 Å². The summed E-state index contributed by atoms with van der Waals surface area (Å²) in [5, 5.41) is 0.691. The number of hydrogen-bond donors (Lipinski definition) is 2. The first-order valence-electron chi connectivity index (χ1n) is 8.55. The maximum atomic E-state index is 14.1. The second kappa shape index (κ2) is 6.53. The minimum absolute atomic E-state index is 0.109. The highest BCUT2D eigenvalue weighted by Gasteiger charge is 2.17. The summed E-state index contributed by atoms with van der Waals surface area (Å²) in [6, 6.07) is 8.31. The molecule has 5 nitrogen and oxygen atoms in total. The van der Waals surface area contributed by atoms with Gasteiger partial charge in [0.25, 0.3) is 5.56 Å². The number of nitrogen functional groups attached to an aromatic ring is 1. The fourth-order valence-corrected chi connectivity index (χ4v) is 3.15. The second-order valence-corrected chi connectivity index (χ2v) is 6.61. The van der Waals surface area contributed by atoms with Crippen LogP contribution in [-0.2, 0) is 7.05 Å². The third kappa shape index (κ3) is 2.90. The standard InChI is InChI=1S/C21H17F2N3O2/c1-11-7-19(28-18-4-3-12(22)8-16(18)23)14(9-17(11)24)15-10-26(2)21(27)20-13(15)5-6-25-20/h3-10,25H,24H2,1-2H3. The number of benzene rings is 2. The van der Waals surface area contributed by atoms with E-state index in [9.17, 15) is 13.6 Å². The molecule has 4 aromatic rings. The maximum Gasteiger partial charge on any atom is 0.274 e. The number of nitrogens with zero attached hydrogens (tertiary/aromatic N) is 1. The Morgan fingerprint density at radius 2 is 1.86 bits per heavy atom. The van der Waals surface area contributed by atoms with Crippen LogP contribution in [0, 0.1) is 18.6 Å². The van der Waals surface area contributed by atoms with E-state index in [4.69, 9.17) is 10.5 Å². The molecule has 4 rings (SSSR count). The molecule has 2 aromatic carbocycles. The van der Waals surface area contributed by atoms with E-state index >= 15 is 0 Å². The van der Waals surface area contributed by atoms with Gasteiger partial charge in [0.1, 0.15) is 17.1 Å². The van der Waals surface area contributed by atoms with Gasteiger partial charge in [-0.1, -0.05) is 0 Å². The summed E-state index contributed by atoms with van der Waals surface area (Å²) in [7, 11) is 1.64. The van der Waals surface area contributed by atoms with E-state index in [0.717, 1.165) is 17.7 Å². The summed E-state index contributed by atoms with van der Waals surface area (Å²) >= 11 is 0. The van der Waals surface area contributed by atoms with Gasteiger partial charge in [0.05, 0.1) is 0 Å². The molecule has 0 unspecified atom stereocenters. The van der Waals surface area contributed by atoms with Gasteiger partial charge >= 0.3 is 0 Å². The zero-order chi connectivity index (χ0) is 20.0. The molecule has 0 spiro atoms. The largest absolute Gasteiger partial charge is 0.454 e. The monoisotopic (exact) mass is 381 g/mol. The van der Waals surface area contributed by atoms with E-state index in [0.29, 0.717) is 33.5 Å². The number of ether oxygens (including phenoxy) is 1. The molecule has 0 radical (unpaired) electrons. The van der Waals surface area contributed by atoms with Gasteiger partial charge in [0.2, 0.25) is 0 Å². The lowest BCUT2D eigenvalue weighted by molar-refractivity contribution is 0.439. The van der Waals surface area contributed by atoms with Crippen LogP contribution in [-0.4, -0.2) is 9.55 Å². The van der Waals surface area contributed by atoms with Gasteiger partial charge < -0.3 is 20.0 Å². The van der Waals surface area contributed by atoms with Gasteiger partial charge in [0.15, 0.2) is 11.6 Å². The quantitative estimate of drug-likeness (QED) is 0.514. The zero-order valence-corrected chi connectivity index (χ0v) is 15.2. The Balaban J connectivity index is 1.95. The zero-order valence-electron chi connectivity index (χ0n) is 15.2. The van der Waals surface area contributed by atoms with Gasteiger partial charge in [-0.15, -0.1) is 0 Å². The van der Waals surface area contributed by atoms with Gasteiger partial charge in [-0.2, -0.15) is 0 Å². The summed E-state index contributed by atoms with van der Waals surface area (Å²) in [6.07, 6.45) is 3.35. The molecule has 2 heterocycles. The van der Waals surface area contributed by atoms with Crippen molar-refractivity contribution in [2.45, 2.75) is 6.92 Å². The van der Waals surface area contributed by atoms with E-state index in [1.807, 2.05) is 0 Å². The first-order valence-corrected chi connectivity index (χ1v) is 8.55. The summed E-state index contributed by atoms with van der Waals surface area (Å²) in [5.41, 5.74) is 8.93. The number of hydrogen-bond acceptors (Lipinski definition) is 3. The summed E-state index contributed by atoms with van der Waals surface area (Å²) < 4.78 is 34.6. The van der Waals surface area contributed by atoms with Crippen molar-refractivity contribution >= 4 is 16.6 Å². The molecule has 0 aliphatic heterocycles. The predicted octanol–water partition coefficient (Wildman–Crippen LogP) is 4.49. The molecule has 0 amide bonds. The van der Waals surface area contributed by atoms with Gasteiger partial charge in [-0.25, -0.2) is 8.78 Å². The number of aryl methyl sites for hydroxylation is 2. The Morgan fingerprint density at radius 3 is 2.61 bits per heavy atom. The first-order chi connectivity index (χ1) is 13.3. The van der Waals surface area contributed by atoms with Crippen molar-refractivity contribution in [2.24, 2.45) is 7.05 Å². The fraction of sp³-hybridized carbons (Fsp3) is 0.0952. The number of pyridine rings is 1. The molecule has 142 valence electrons. The average Bonchev–Trinajstić information content (AvgIpc) is 3.13. The highest BCUT2D eigenvalue weighted by atomic mass is 19.1. The molecule has 0 bridgehead atoms. The minimum Gasteiger partial charge on any atom is -0.454 e. The number of fused-ring (bicyclic) bond motifs is 1. The number of anilines is 1. The van der Waals surface area contributed by atoms with Gasteiger partial charge in [-0.05, 0) is 42.8 Å². The SMILES string of the molecule is Cc1cc(Oc2ccc(F)cc2F)c(-c2cn(C)c(=O)c3[nH]ccc23)cc1N. The third-order valence-electron chi connectivity index (χ3n) is 4.67. The predicted molar refractivity (Wildman–Crippen MR) is 105 cm³/mol. The number of nitrogens with two attached hydrogens (primary N) is 1. The summed E-state index contributed by atoms with van der Waals surface area (Å²) in [4.78, 5) is 15.3. The van der Waals surface area contributed by atoms with Crippen molar-refractivity contribution in [2.75, 3.05) is 5.73 Å². The molecule has 28 heavy (non-hydrogen) atoms. The number of H-pyrrole nitrogens is 1. The van der Waals surface area contributed by atoms with Crippen molar-refractivity contribution in [3.8, 4) is 22.6 Å². The lowest BCUT2D eigenvalue weighted by atomic mass is 10.00. The average molecular weight is 381 g/mol. The van der Waals surface area contributed by atoms with Crippen molar-refractivity contribution < 1.29 is 13.5 Å². The smallest absolute Gasteiger partial charge is 0.274 e. The number of aromatic amines is 1. The Morgan fingerprint density at radius 1 is 1.07 bits per heavy atom. The van der Waals surface area contributed by atoms with Crippen molar-refractivity contribution in [3.05, 3.63) is 76.3 Å². The van der Waals surface area contributed by atoms with Crippen molar-refractivity contribution in [1.29, 1.82) is 0 Å². The Labute approximate surface area is 159 Å². The van der Waals surface area contributed by atoms with E-state index < -0.39 is 11.6 Å². The van der Waals surface area contributed by atoms with Crippen molar-refractivity contribution in [3.63, 3.8) is 0 Å². The molecule has 0 atom stereocenters. The van der Waals surface area contributed by atoms with E-state index in [2.05, 4.69) is 4.98 Å². The van der Waals surface area contributed by atoms with Crippen LogP contribution in [0.3, 0.4) is 0 Å². The molecular formula is C21H17F2N3O2. The molecule has 0 saturated carbocycles. The highest BCUT2D eigenvalue weighted by Crippen LogP contribution is 2.39. The fourth-order valence-electron chi connectivity index (χ4n) is 3.15. The Hall–Kier alpha value is -3.61. The van der Waals surface area contributed by atoms with Gasteiger partial charge in [-0.3, -0.25) is 4.79 Å². The topological polar surface area (TPSA) is 73.0 Å². The molecule has 0 saturated heterocycles. The van der Waals surface area contributed by atoms with Gasteiger partial charge in [0, 0.05) is 47.7 Å². The highest BCUT2D eigenvalue weighted by molar-refractivity contribution is 5.96. The summed E-state index contributed by atoms with van der Waals surface area (Å²) in [6.45, 7) is 1.81. The van der Waals surface area contributed by atoms with Crippen molar-refractivity contribution in [1.82, 2.24) is 9.55 Å². The number of halogens is 2. The van der Waals surface area contributed by atoms with E-state index in [1.54, 1.807) is 44.6 Å². The van der Waals surface area contributed by atoms with Crippen LogP contribution < -0.4 is 16.0 Å². The maximum absolute atomic E-state index is 14.1. The normalized spacial score (nSPS) is 11.1. The third-order valence-corrected chi connectivity index (χ3v) is 4.67. The molecule has 0 fully saturated rings. The van der Waals surface area contributed by atoms with Crippen LogP contribution in [0.15, 0.2) is 53.6 Å². The molecule has 7 heteroatoms. The number of nitrogens with one attached hydrogen (secondary N) is 1. The second-order valence-electron chi connectivity index (χ2n) is 6.61.